The SMILES string of the molecule is O=C(OCc1ccco1)c1ccccc1C(=O)c1cccs1. The second kappa shape index (κ2) is 6.41. The molecule has 0 spiro atoms. The zero-order chi connectivity index (χ0) is 15.4. The molecule has 0 amide bonds. The number of furan rings is 1. The van der Waals surface area contributed by atoms with Crippen LogP contribution >= 0.6 is 11.3 Å². The molecule has 0 aliphatic rings. The Balaban J connectivity index is 1.81. The van der Waals surface area contributed by atoms with E-state index in [2.05, 4.69) is 0 Å². The van der Waals surface area contributed by atoms with E-state index < -0.39 is 5.97 Å². The molecule has 3 rings (SSSR count). The summed E-state index contributed by atoms with van der Waals surface area (Å²) < 4.78 is 10.3. The van der Waals surface area contributed by atoms with Crippen LogP contribution in [0.25, 0.3) is 0 Å². The molecule has 0 aliphatic carbocycles. The van der Waals surface area contributed by atoms with Crippen molar-refractivity contribution in [3.05, 3.63) is 81.9 Å². The molecule has 2 aromatic heterocycles. The number of carbonyl (C=O) groups is 2. The minimum absolute atomic E-state index is 0.0351. The molecule has 0 saturated heterocycles. The summed E-state index contributed by atoms with van der Waals surface area (Å²) in [7, 11) is 0. The number of hydrogen-bond donors (Lipinski definition) is 0. The quantitative estimate of drug-likeness (QED) is 0.529. The van der Waals surface area contributed by atoms with E-state index in [1.54, 1.807) is 48.5 Å². The Hall–Kier alpha value is -2.66. The first-order valence-electron chi connectivity index (χ1n) is 6.62. The highest BCUT2D eigenvalue weighted by Gasteiger charge is 2.19. The van der Waals surface area contributed by atoms with Crippen LogP contribution < -0.4 is 0 Å². The summed E-state index contributed by atoms with van der Waals surface area (Å²) in [5.74, 6) is -0.173. The molecule has 0 fully saturated rings. The van der Waals surface area contributed by atoms with Crippen molar-refractivity contribution in [2.75, 3.05) is 0 Å². The largest absolute Gasteiger partial charge is 0.466 e. The smallest absolute Gasteiger partial charge is 0.339 e. The lowest BCUT2D eigenvalue weighted by molar-refractivity contribution is 0.0443. The molecule has 0 N–H and O–H groups in total. The molecule has 1 aromatic carbocycles. The Morgan fingerprint density at radius 1 is 1.00 bits per heavy atom. The van der Waals surface area contributed by atoms with Crippen LogP contribution in [0.3, 0.4) is 0 Å². The van der Waals surface area contributed by atoms with Crippen LogP contribution in [0.4, 0.5) is 0 Å². The second-order valence-corrected chi connectivity index (χ2v) is 5.46. The van der Waals surface area contributed by atoms with Crippen LogP contribution in [0.1, 0.15) is 31.4 Å². The molecule has 110 valence electrons. The maximum atomic E-state index is 12.4. The van der Waals surface area contributed by atoms with E-state index in [1.165, 1.54) is 17.6 Å². The molecule has 0 radical (unpaired) electrons. The lowest BCUT2D eigenvalue weighted by Gasteiger charge is -2.07. The van der Waals surface area contributed by atoms with Crippen molar-refractivity contribution in [3.63, 3.8) is 0 Å². The van der Waals surface area contributed by atoms with Crippen LogP contribution in [-0.4, -0.2) is 11.8 Å². The zero-order valence-corrected chi connectivity index (χ0v) is 12.3. The van der Waals surface area contributed by atoms with Gasteiger partial charge < -0.3 is 9.15 Å². The van der Waals surface area contributed by atoms with Crippen LogP contribution in [0, 0.1) is 0 Å². The number of ketones is 1. The third kappa shape index (κ3) is 2.99. The Kier molecular flexibility index (Phi) is 4.16. The predicted octanol–water partition coefficient (Wildman–Crippen LogP) is 3.93. The first-order chi connectivity index (χ1) is 10.8. The summed E-state index contributed by atoms with van der Waals surface area (Å²) in [4.78, 5) is 25.3. The van der Waals surface area contributed by atoms with Gasteiger partial charge in [-0.05, 0) is 29.6 Å². The standard InChI is InChI=1S/C17H12O4S/c18-16(15-8-4-10-22-15)13-6-1-2-7-14(13)17(19)21-11-12-5-3-9-20-12/h1-10H,11H2. The molecular weight excluding hydrogens is 300 g/mol. The molecule has 0 unspecified atom stereocenters. The summed E-state index contributed by atoms with van der Waals surface area (Å²) in [6, 6.07) is 13.6. The zero-order valence-electron chi connectivity index (χ0n) is 11.5. The number of esters is 1. The Bertz CT molecular complexity index is 773. The topological polar surface area (TPSA) is 56.5 Å². The van der Waals surface area contributed by atoms with Gasteiger partial charge in [-0.1, -0.05) is 24.3 Å². The minimum Gasteiger partial charge on any atom is -0.466 e. The van der Waals surface area contributed by atoms with Gasteiger partial charge in [0.05, 0.1) is 16.7 Å². The summed E-state index contributed by atoms with van der Waals surface area (Å²) in [6.45, 7) is 0.0351. The van der Waals surface area contributed by atoms with E-state index >= 15 is 0 Å². The summed E-state index contributed by atoms with van der Waals surface area (Å²) in [6.07, 6.45) is 1.51. The minimum atomic E-state index is -0.545. The lowest BCUT2D eigenvalue weighted by atomic mass is 10.0. The van der Waals surface area contributed by atoms with Crippen molar-refractivity contribution in [2.24, 2.45) is 0 Å². The fourth-order valence-electron chi connectivity index (χ4n) is 2.01. The molecular formula is C17H12O4S. The van der Waals surface area contributed by atoms with Crippen molar-refractivity contribution < 1.29 is 18.7 Å². The Labute approximate surface area is 131 Å². The van der Waals surface area contributed by atoms with Gasteiger partial charge in [0.1, 0.15) is 12.4 Å². The first kappa shape index (κ1) is 14.3. The van der Waals surface area contributed by atoms with Crippen molar-refractivity contribution in [2.45, 2.75) is 6.61 Å². The van der Waals surface area contributed by atoms with Gasteiger partial charge in [0.15, 0.2) is 0 Å². The number of carbonyl (C=O) groups excluding carboxylic acids is 2. The van der Waals surface area contributed by atoms with E-state index in [1.807, 2.05) is 5.38 Å². The van der Waals surface area contributed by atoms with E-state index in [9.17, 15) is 9.59 Å². The van der Waals surface area contributed by atoms with Gasteiger partial charge in [-0.2, -0.15) is 0 Å². The summed E-state index contributed by atoms with van der Waals surface area (Å²) in [5.41, 5.74) is 0.599. The van der Waals surface area contributed by atoms with Crippen molar-refractivity contribution in [3.8, 4) is 0 Å². The van der Waals surface area contributed by atoms with Gasteiger partial charge in [-0.15, -0.1) is 11.3 Å². The molecule has 22 heavy (non-hydrogen) atoms. The highest BCUT2D eigenvalue weighted by molar-refractivity contribution is 7.12. The van der Waals surface area contributed by atoms with Crippen molar-refractivity contribution in [1.82, 2.24) is 0 Å². The highest BCUT2D eigenvalue weighted by Crippen LogP contribution is 2.19. The normalized spacial score (nSPS) is 10.4. The Morgan fingerprint density at radius 3 is 2.50 bits per heavy atom. The molecule has 5 heteroatoms. The molecule has 2 heterocycles. The van der Waals surface area contributed by atoms with Gasteiger partial charge in [0, 0.05) is 5.56 Å². The predicted molar refractivity (Wildman–Crippen MR) is 82.0 cm³/mol. The molecule has 4 nitrogen and oxygen atoms in total. The van der Waals surface area contributed by atoms with Crippen LogP contribution in [0.5, 0.6) is 0 Å². The third-order valence-corrected chi connectivity index (χ3v) is 3.93. The van der Waals surface area contributed by atoms with Gasteiger partial charge in [0.2, 0.25) is 5.78 Å². The van der Waals surface area contributed by atoms with Crippen LogP contribution in [0.2, 0.25) is 0 Å². The average molecular weight is 312 g/mol. The van der Waals surface area contributed by atoms with Gasteiger partial charge in [0.25, 0.3) is 0 Å². The molecule has 0 bridgehead atoms. The van der Waals surface area contributed by atoms with E-state index in [0.29, 0.717) is 16.2 Å². The van der Waals surface area contributed by atoms with Crippen LogP contribution in [-0.2, 0) is 11.3 Å². The van der Waals surface area contributed by atoms with E-state index in [4.69, 9.17) is 9.15 Å². The lowest BCUT2D eigenvalue weighted by Crippen LogP contribution is -2.11. The number of thiophene rings is 1. The number of ether oxygens (including phenoxy) is 1. The van der Waals surface area contributed by atoms with Crippen molar-refractivity contribution >= 4 is 23.1 Å². The van der Waals surface area contributed by atoms with Gasteiger partial charge in [-0.25, -0.2) is 4.79 Å². The third-order valence-electron chi connectivity index (χ3n) is 3.06. The summed E-state index contributed by atoms with van der Waals surface area (Å²) in [5, 5.41) is 1.82. The monoisotopic (exact) mass is 312 g/mol. The molecule has 0 saturated carbocycles. The highest BCUT2D eigenvalue weighted by atomic mass is 32.1. The number of rotatable bonds is 5. The number of hydrogen-bond acceptors (Lipinski definition) is 5. The van der Waals surface area contributed by atoms with Gasteiger partial charge >= 0.3 is 5.97 Å². The molecule has 0 aliphatic heterocycles. The Morgan fingerprint density at radius 2 is 1.82 bits per heavy atom. The van der Waals surface area contributed by atoms with E-state index in [-0.39, 0.29) is 18.0 Å². The second-order valence-electron chi connectivity index (χ2n) is 4.51. The fraction of sp³-hybridized carbons (Fsp3) is 0.0588. The molecule has 3 aromatic rings. The first-order valence-corrected chi connectivity index (χ1v) is 7.50. The fourth-order valence-corrected chi connectivity index (χ4v) is 2.69. The van der Waals surface area contributed by atoms with Crippen molar-refractivity contribution in [1.29, 1.82) is 0 Å². The molecule has 0 atom stereocenters. The van der Waals surface area contributed by atoms with E-state index in [0.717, 1.165) is 0 Å². The number of benzene rings is 1. The maximum absolute atomic E-state index is 12.4. The average Bonchev–Trinajstić information content (AvgIpc) is 3.25. The van der Waals surface area contributed by atoms with Crippen LogP contribution in [0.15, 0.2) is 64.6 Å². The summed E-state index contributed by atoms with van der Waals surface area (Å²) >= 11 is 1.34. The maximum Gasteiger partial charge on any atom is 0.339 e. The van der Waals surface area contributed by atoms with Gasteiger partial charge in [-0.3, -0.25) is 4.79 Å².